The fraction of sp³-hybridized carbons (Fsp3) is 0.273. The molecule has 0 fully saturated rings. The van der Waals surface area contributed by atoms with Crippen LogP contribution in [0, 0.1) is 31.4 Å². The van der Waals surface area contributed by atoms with E-state index >= 15 is 0 Å². The third-order valence-corrected chi connectivity index (χ3v) is 11.4. The van der Waals surface area contributed by atoms with Gasteiger partial charge >= 0.3 is 11.9 Å². The van der Waals surface area contributed by atoms with Crippen LogP contribution in [-0.4, -0.2) is 59.9 Å². The molecule has 14 heteroatoms. The van der Waals surface area contributed by atoms with Crippen molar-refractivity contribution in [1.82, 2.24) is 9.97 Å². The molecule has 0 aliphatic heterocycles. The molecule has 69 heavy (non-hydrogen) atoms. The topological polar surface area (TPSA) is 155 Å². The maximum atomic E-state index is 14.0. The van der Waals surface area contributed by atoms with E-state index in [1.807, 2.05) is 56.3 Å². The van der Waals surface area contributed by atoms with Crippen LogP contribution in [-0.2, 0) is 25.5 Å². The molecule has 0 spiro atoms. The van der Waals surface area contributed by atoms with Crippen molar-refractivity contribution < 1.29 is 46.9 Å². The van der Waals surface area contributed by atoms with Gasteiger partial charge in [-0.3, -0.25) is 29.1 Å². The van der Waals surface area contributed by atoms with Gasteiger partial charge in [0.1, 0.15) is 60.6 Å². The molecule has 5 aromatic carbocycles. The van der Waals surface area contributed by atoms with Gasteiger partial charge in [0.25, 0.3) is 0 Å². The van der Waals surface area contributed by atoms with Crippen LogP contribution in [0.25, 0.3) is 21.8 Å². The number of ether oxygens (including phenoxy) is 4. The number of para-hydroxylation sites is 2. The van der Waals surface area contributed by atoms with Crippen LogP contribution >= 0.6 is 0 Å². The maximum Gasteiger partial charge on any atom is 0.309 e. The largest absolute Gasteiger partial charge is 0.488 e. The average Bonchev–Trinajstić information content (AvgIpc) is 3.33. The van der Waals surface area contributed by atoms with E-state index in [2.05, 4.69) is 20.6 Å². The summed E-state index contributed by atoms with van der Waals surface area (Å²) in [6.45, 7) is 7.06. The molecule has 7 rings (SSSR count). The first-order valence-electron chi connectivity index (χ1n) is 23.0. The summed E-state index contributed by atoms with van der Waals surface area (Å²) in [6.07, 6.45) is 4.92. The number of carbonyl (C=O) groups is 4. The highest BCUT2D eigenvalue weighted by molar-refractivity contribution is 6.11. The highest BCUT2D eigenvalue weighted by atomic mass is 19.1. The van der Waals surface area contributed by atoms with Gasteiger partial charge < -0.3 is 29.6 Å². The fourth-order valence-electron chi connectivity index (χ4n) is 7.96. The number of anilines is 4. The van der Waals surface area contributed by atoms with Gasteiger partial charge in [0.05, 0.1) is 34.8 Å². The van der Waals surface area contributed by atoms with E-state index in [0.717, 1.165) is 5.56 Å². The average molecular weight is 937 g/mol. The lowest BCUT2D eigenvalue weighted by molar-refractivity contribution is -0.156. The molecule has 2 N–H and O–H groups in total. The molecule has 12 nitrogen and oxygen atoms in total. The molecule has 0 amide bonds. The Balaban J connectivity index is 0.987. The first-order valence-corrected chi connectivity index (χ1v) is 23.0. The molecule has 0 aliphatic rings. The molecule has 2 aromatic heterocycles. The van der Waals surface area contributed by atoms with E-state index in [-0.39, 0.29) is 62.5 Å². The van der Waals surface area contributed by atoms with Gasteiger partial charge in [-0.15, -0.1) is 0 Å². The minimum atomic E-state index is -0.870. The van der Waals surface area contributed by atoms with E-state index < -0.39 is 17.9 Å². The summed E-state index contributed by atoms with van der Waals surface area (Å²) in [5, 5.41) is 7.90. The van der Waals surface area contributed by atoms with Crippen LogP contribution in [0.15, 0.2) is 116 Å². The van der Waals surface area contributed by atoms with Crippen molar-refractivity contribution in [3.8, 4) is 11.5 Å². The molecule has 1 atom stereocenters. The summed E-state index contributed by atoms with van der Waals surface area (Å²) >= 11 is 0. The molecule has 0 radical (unpaired) electrons. The minimum absolute atomic E-state index is 0.0309. The second kappa shape index (κ2) is 23.3. The van der Waals surface area contributed by atoms with Crippen LogP contribution in [0.4, 0.5) is 31.5 Å². The molecule has 0 saturated carbocycles. The quantitative estimate of drug-likeness (QED) is 0.0356. The summed E-state index contributed by atoms with van der Waals surface area (Å²) in [4.78, 5) is 62.5. The summed E-state index contributed by atoms with van der Waals surface area (Å²) in [5.41, 5.74) is 6.19. The van der Waals surface area contributed by atoms with Crippen molar-refractivity contribution in [1.29, 1.82) is 0 Å². The van der Waals surface area contributed by atoms with Gasteiger partial charge in [0.2, 0.25) is 0 Å². The molecule has 7 aromatic rings. The highest BCUT2D eigenvalue weighted by Gasteiger charge is 2.26. The normalized spacial score (nSPS) is 11.5. The Morgan fingerprint density at radius 3 is 1.57 bits per heavy atom. The number of carbonyl (C=O) groups excluding carboxylic acids is 4. The van der Waals surface area contributed by atoms with Crippen LogP contribution in [0.2, 0.25) is 0 Å². The first-order chi connectivity index (χ1) is 33.4. The van der Waals surface area contributed by atoms with Gasteiger partial charge in [-0.2, -0.15) is 0 Å². The van der Waals surface area contributed by atoms with Crippen LogP contribution in [0.3, 0.4) is 0 Å². The number of ketones is 2. The predicted octanol–water partition coefficient (Wildman–Crippen LogP) is 11.9. The Morgan fingerprint density at radius 1 is 0.594 bits per heavy atom. The number of aromatic nitrogens is 2. The number of Topliss-reactive ketones (excluding diaryl/α,β-unsaturated/α-hetero) is 2. The lowest BCUT2D eigenvalue weighted by Gasteiger charge is -2.18. The number of aryl methyl sites for hydroxylation is 2. The van der Waals surface area contributed by atoms with Crippen molar-refractivity contribution in [2.75, 3.05) is 37.1 Å². The Morgan fingerprint density at radius 2 is 1.09 bits per heavy atom. The number of esters is 2. The minimum Gasteiger partial charge on any atom is -0.488 e. The number of halogens is 2. The maximum absolute atomic E-state index is 14.0. The first kappa shape index (κ1) is 49.2. The zero-order valence-electron chi connectivity index (χ0n) is 39.0. The number of rotatable bonds is 23. The number of hydrogen-bond donors (Lipinski definition) is 2. The Labute approximate surface area is 399 Å². The molecule has 1 unspecified atom stereocenters. The summed E-state index contributed by atoms with van der Waals surface area (Å²) in [5.74, 6) is -2.23. The number of nitrogens with zero attached hydrogens (tertiary/aromatic N) is 2. The van der Waals surface area contributed by atoms with Gasteiger partial charge in [0, 0.05) is 47.4 Å². The van der Waals surface area contributed by atoms with Gasteiger partial charge in [-0.1, -0.05) is 68.4 Å². The number of fused-ring (bicyclic) bond motifs is 2. The Kier molecular flexibility index (Phi) is 16.6. The fourth-order valence-corrected chi connectivity index (χ4v) is 7.96. The number of pyridine rings is 2. The van der Waals surface area contributed by atoms with Crippen LogP contribution in [0.1, 0.15) is 83.4 Å². The summed E-state index contributed by atoms with van der Waals surface area (Å²) in [6, 6.07) is 28.7. The molecular weight excluding hydrogens is 883 g/mol. The van der Waals surface area contributed by atoms with Gasteiger partial charge in [0.15, 0.2) is 11.6 Å². The molecule has 356 valence electrons. The van der Waals surface area contributed by atoms with E-state index in [1.165, 1.54) is 36.7 Å². The zero-order valence-corrected chi connectivity index (χ0v) is 39.0. The van der Waals surface area contributed by atoms with E-state index in [0.29, 0.717) is 104 Å². The molecular formula is C55H54F2N4O8. The smallest absolute Gasteiger partial charge is 0.309 e. The second-order valence-electron chi connectivity index (χ2n) is 16.6. The Hall–Kier alpha value is -7.74. The molecule has 0 aliphatic carbocycles. The summed E-state index contributed by atoms with van der Waals surface area (Å²) in [7, 11) is 0. The standard InChI is InChI=1S/C55H54F2N4O8/c1-5-12-46(62)42-32-58-53-40(51(42)60-44-22-20-38(56)28-34(44)3)16-10-18-48(53)66-24-26-68-50(64)31-37(30-36-14-8-7-9-15-36)55(65)69-27-25-67-49-19-11-17-41-52(61-45-23-21-39(57)29-35(45)4)43(33-59-54(41)49)47(63)13-6-2/h7-11,14-23,28-29,32-33,37H,5-6,12-13,24-27,30-31H2,1-4H3,(H,58,60)(H,59,61). The van der Waals surface area contributed by atoms with Crippen LogP contribution in [0.5, 0.6) is 11.5 Å². The van der Waals surface area contributed by atoms with Crippen molar-refractivity contribution in [2.24, 2.45) is 5.92 Å². The third-order valence-electron chi connectivity index (χ3n) is 11.4. The predicted molar refractivity (Wildman–Crippen MR) is 262 cm³/mol. The lowest BCUT2D eigenvalue weighted by atomic mass is 9.96. The summed E-state index contributed by atoms with van der Waals surface area (Å²) < 4.78 is 51.3. The van der Waals surface area contributed by atoms with E-state index in [9.17, 15) is 28.0 Å². The number of nitrogens with one attached hydrogen (secondary N) is 2. The van der Waals surface area contributed by atoms with Gasteiger partial charge in [-0.25, -0.2) is 8.78 Å². The van der Waals surface area contributed by atoms with Crippen LogP contribution < -0.4 is 20.1 Å². The van der Waals surface area contributed by atoms with Crippen molar-refractivity contribution in [3.05, 3.63) is 155 Å². The molecule has 2 heterocycles. The number of benzene rings is 5. The Bertz CT molecular complexity index is 2980. The van der Waals surface area contributed by atoms with E-state index in [4.69, 9.17) is 18.9 Å². The van der Waals surface area contributed by atoms with Crippen molar-refractivity contribution in [2.45, 2.75) is 66.2 Å². The number of hydrogen-bond acceptors (Lipinski definition) is 12. The molecule has 0 bridgehead atoms. The van der Waals surface area contributed by atoms with E-state index in [1.54, 1.807) is 50.2 Å². The SMILES string of the molecule is CCCC(=O)c1cnc2c(OCCOC(=O)CC(Cc3ccccc3)C(=O)OCCOc3cccc4c(Nc5ccc(F)cc5C)c(C(=O)CCC)cnc34)cccc2c1Nc1ccc(F)cc1C. The third kappa shape index (κ3) is 12.4. The van der Waals surface area contributed by atoms with Crippen molar-refractivity contribution >= 4 is 68.1 Å². The van der Waals surface area contributed by atoms with Crippen molar-refractivity contribution in [3.63, 3.8) is 0 Å². The monoisotopic (exact) mass is 936 g/mol. The second-order valence-corrected chi connectivity index (χ2v) is 16.6. The zero-order chi connectivity index (χ0) is 48.9. The van der Waals surface area contributed by atoms with Gasteiger partial charge in [-0.05, 0) is 98.3 Å². The highest BCUT2D eigenvalue weighted by Crippen LogP contribution is 2.37. The molecule has 0 saturated heterocycles. The lowest BCUT2D eigenvalue weighted by Crippen LogP contribution is -2.26.